The summed E-state index contributed by atoms with van der Waals surface area (Å²) in [5.74, 6) is -0.880. The van der Waals surface area contributed by atoms with Crippen LogP contribution in [0.25, 0.3) is 0 Å². The van der Waals surface area contributed by atoms with Crippen molar-refractivity contribution in [3.8, 4) is 0 Å². The van der Waals surface area contributed by atoms with E-state index in [0.717, 1.165) is 38.6 Å². The predicted molar refractivity (Wildman–Crippen MR) is 62.6 cm³/mol. The Hall–Kier alpha value is -1.10. The normalized spacial score (nSPS) is 30.0. The Bertz CT molecular complexity index is 300. The van der Waals surface area contributed by atoms with Crippen LogP contribution in [0.15, 0.2) is 0 Å². The van der Waals surface area contributed by atoms with Gasteiger partial charge in [0.25, 0.3) is 0 Å². The summed E-state index contributed by atoms with van der Waals surface area (Å²) in [5.41, 5.74) is 0. The molecule has 0 aromatic heterocycles. The van der Waals surface area contributed by atoms with E-state index in [-0.39, 0.29) is 11.9 Å². The summed E-state index contributed by atoms with van der Waals surface area (Å²) in [7, 11) is 0. The van der Waals surface area contributed by atoms with Crippen LogP contribution in [-0.2, 0) is 9.59 Å². The third-order valence-electron chi connectivity index (χ3n) is 3.68. The van der Waals surface area contributed by atoms with Gasteiger partial charge in [-0.05, 0) is 32.2 Å². The second-order valence-electron chi connectivity index (χ2n) is 4.88. The first-order chi connectivity index (χ1) is 8.20. The molecule has 0 radical (unpaired) electrons. The number of hydrogen-bond donors (Lipinski definition) is 2. The molecular formula is C12H20N2O3. The highest BCUT2D eigenvalue weighted by molar-refractivity contribution is 5.87. The van der Waals surface area contributed by atoms with E-state index >= 15 is 0 Å². The van der Waals surface area contributed by atoms with Crippen LogP contribution in [0.1, 0.15) is 38.5 Å². The number of carbonyl (C=O) groups excluding carboxylic acids is 1. The van der Waals surface area contributed by atoms with E-state index in [1.54, 1.807) is 4.90 Å². The highest BCUT2D eigenvalue weighted by Crippen LogP contribution is 2.20. The average Bonchev–Trinajstić information content (AvgIpc) is 2.71. The average molecular weight is 240 g/mol. The van der Waals surface area contributed by atoms with Crippen molar-refractivity contribution in [2.75, 3.05) is 13.1 Å². The Balaban J connectivity index is 2.08. The summed E-state index contributed by atoms with van der Waals surface area (Å²) in [4.78, 5) is 25.1. The zero-order valence-corrected chi connectivity index (χ0v) is 10.0. The van der Waals surface area contributed by atoms with Crippen molar-refractivity contribution in [1.29, 1.82) is 0 Å². The monoisotopic (exact) mass is 240 g/mol. The van der Waals surface area contributed by atoms with Crippen LogP contribution in [0.4, 0.5) is 0 Å². The molecule has 5 nitrogen and oxygen atoms in total. The number of nitrogens with one attached hydrogen (secondary N) is 1. The van der Waals surface area contributed by atoms with Gasteiger partial charge >= 0.3 is 5.97 Å². The van der Waals surface area contributed by atoms with Crippen molar-refractivity contribution in [2.45, 2.75) is 50.6 Å². The first-order valence-electron chi connectivity index (χ1n) is 6.47. The SMILES string of the molecule is O=C(O)C1CCCCCN1C(=O)C1CCCN1. The number of hydrogen-bond acceptors (Lipinski definition) is 3. The smallest absolute Gasteiger partial charge is 0.326 e. The molecule has 2 aliphatic heterocycles. The van der Waals surface area contributed by atoms with Gasteiger partial charge in [0.05, 0.1) is 6.04 Å². The number of carboxylic acid groups (broad SMARTS) is 1. The third kappa shape index (κ3) is 2.77. The zero-order valence-electron chi connectivity index (χ0n) is 10.0. The Morgan fingerprint density at radius 1 is 1.12 bits per heavy atom. The molecular weight excluding hydrogens is 220 g/mol. The molecule has 0 saturated carbocycles. The molecule has 2 heterocycles. The van der Waals surface area contributed by atoms with Gasteiger partial charge in [0.15, 0.2) is 0 Å². The molecule has 0 spiro atoms. The van der Waals surface area contributed by atoms with Crippen molar-refractivity contribution >= 4 is 11.9 Å². The molecule has 2 unspecified atom stereocenters. The van der Waals surface area contributed by atoms with Gasteiger partial charge < -0.3 is 15.3 Å². The minimum Gasteiger partial charge on any atom is -0.480 e. The zero-order chi connectivity index (χ0) is 12.3. The third-order valence-corrected chi connectivity index (χ3v) is 3.68. The highest BCUT2D eigenvalue weighted by atomic mass is 16.4. The lowest BCUT2D eigenvalue weighted by Gasteiger charge is -2.29. The van der Waals surface area contributed by atoms with Crippen LogP contribution in [0, 0.1) is 0 Å². The predicted octanol–water partition coefficient (Wildman–Crippen LogP) is 0.594. The fraction of sp³-hybridized carbons (Fsp3) is 0.833. The molecule has 0 aliphatic carbocycles. The molecule has 0 bridgehead atoms. The van der Waals surface area contributed by atoms with Crippen molar-refractivity contribution in [3.05, 3.63) is 0 Å². The standard InChI is InChI=1S/C12H20N2O3/c15-11(9-5-4-7-13-9)14-8-3-1-2-6-10(14)12(16)17/h9-10,13H,1-8H2,(H,16,17). The Morgan fingerprint density at radius 3 is 2.59 bits per heavy atom. The number of amides is 1. The van der Waals surface area contributed by atoms with Gasteiger partial charge in [-0.1, -0.05) is 12.8 Å². The lowest BCUT2D eigenvalue weighted by molar-refractivity contribution is -0.151. The van der Waals surface area contributed by atoms with Gasteiger partial charge in [0, 0.05) is 6.54 Å². The Morgan fingerprint density at radius 2 is 1.94 bits per heavy atom. The van der Waals surface area contributed by atoms with E-state index < -0.39 is 12.0 Å². The lowest BCUT2D eigenvalue weighted by Crippen LogP contribution is -2.51. The van der Waals surface area contributed by atoms with E-state index in [4.69, 9.17) is 0 Å². The molecule has 96 valence electrons. The molecule has 0 aromatic carbocycles. The quantitative estimate of drug-likeness (QED) is 0.741. The van der Waals surface area contributed by atoms with Crippen LogP contribution in [0.5, 0.6) is 0 Å². The number of rotatable bonds is 2. The fourth-order valence-electron chi connectivity index (χ4n) is 2.72. The van der Waals surface area contributed by atoms with E-state index in [2.05, 4.69) is 5.32 Å². The first-order valence-corrected chi connectivity index (χ1v) is 6.47. The molecule has 2 atom stereocenters. The Kier molecular flexibility index (Phi) is 3.99. The summed E-state index contributed by atoms with van der Waals surface area (Å²) in [6, 6.07) is -0.776. The number of carbonyl (C=O) groups is 2. The van der Waals surface area contributed by atoms with E-state index in [1.165, 1.54) is 0 Å². The summed E-state index contributed by atoms with van der Waals surface area (Å²) in [6.07, 6.45) is 5.27. The molecule has 2 aliphatic rings. The molecule has 2 rings (SSSR count). The van der Waals surface area contributed by atoms with Crippen LogP contribution in [0.3, 0.4) is 0 Å². The molecule has 0 aromatic rings. The van der Waals surface area contributed by atoms with E-state index in [0.29, 0.717) is 13.0 Å². The second-order valence-corrected chi connectivity index (χ2v) is 4.88. The molecule has 2 N–H and O–H groups in total. The maximum atomic E-state index is 12.3. The highest BCUT2D eigenvalue weighted by Gasteiger charge is 2.35. The minimum atomic E-state index is -0.863. The van der Waals surface area contributed by atoms with Crippen LogP contribution >= 0.6 is 0 Å². The number of nitrogens with zero attached hydrogens (tertiary/aromatic N) is 1. The van der Waals surface area contributed by atoms with Gasteiger partial charge in [0.1, 0.15) is 6.04 Å². The largest absolute Gasteiger partial charge is 0.480 e. The van der Waals surface area contributed by atoms with Gasteiger partial charge in [-0.2, -0.15) is 0 Å². The maximum absolute atomic E-state index is 12.3. The summed E-state index contributed by atoms with van der Waals surface area (Å²) >= 11 is 0. The topological polar surface area (TPSA) is 69.6 Å². The van der Waals surface area contributed by atoms with E-state index in [9.17, 15) is 14.7 Å². The second kappa shape index (κ2) is 5.49. The number of aliphatic carboxylic acids is 1. The first kappa shape index (κ1) is 12.4. The van der Waals surface area contributed by atoms with Crippen molar-refractivity contribution in [3.63, 3.8) is 0 Å². The van der Waals surface area contributed by atoms with Crippen LogP contribution in [-0.4, -0.2) is 47.1 Å². The summed E-state index contributed by atoms with van der Waals surface area (Å²) in [5, 5.41) is 12.4. The van der Waals surface area contributed by atoms with Crippen molar-refractivity contribution < 1.29 is 14.7 Å². The van der Waals surface area contributed by atoms with Crippen molar-refractivity contribution in [2.24, 2.45) is 0 Å². The lowest BCUT2D eigenvalue weighted by atomic mass is 10.1. The van der Waals surface area contributed by atoms with Crippen LogP contribution in [0.2, 0.25) is 0 Å². The van der Waals surface area contributed by atoms with E-state index in [1.807, 2.05) is 0 Å². The molecule has 2 saturated heterocycles. The van der Waals surface area contributed by atoms with Gasteiger partial charge in [-0.15, -0.1) is 0 Å². The summed E-state index contributed by atoms with van der Waals surface area (Å²) in [6.45, 7) is 1.45. The van der Waals surface area contributed by atoms with Gasteiger partial charge in [0.2, 0.25) is 5.91 Å². The molecule has 2 fully saturated rings. The van der Waals surface area contributed by atoms with Gasteiger partial charge in [-0.3, -0.25) is 4.79 Å². The fourth-order valence-corrected chi connectivity index (χ4v) is 2.72. The number of likely N-dealkylation sites (tertiary alicyclic amines) is 1. The molecule has 1 amide bonds. The minimum absolute atomic E-state index is 0.0169. The van der Waals surface area contributed by atoms with Crippen molar-refractivity contribution in [1.82, 2.24) is 10.2 Å². The maximum Gasteiger partial charge on any atom is 0.326 e. The van der Waals surface area contributed by atoms with Gasteiger partial charge in [-0.25, -0.2) is 4.79 Å². The summed E-state index contributed by atoms with van der Waals surface area (Å²) < 4.78 is 0. The number of carboxylic acids is 1. The molecule has 5 heteroatoms. The Labute approximate surface area is 101 Å². The van der Waals surface area contributed by atoms with Crippen LogP contribution < -0.4 is 5.32 Å². The molecule has 17 heavy (non-hydrogen) atoms.